The standard InChI is InChI=1S/C21H22N4O3S2/c1-12-5-10-29-19(12)16-15(17(26)20-13(2)23-14(3)30-20)18(27)21(28)25(16)8-4-7-24-9-6-22-11-24/h5-6,9-11,16,27H,4,7-8H2,1-3H3. The second kappa shape index (κ2) is 8.16. The zero-order valence-electron chi connectivity index (χ0n) is 17.0. The van der Waals surface area contributed by atoms with Gasteiger partial charge in [0.1, 0.15) is 0 Å². The Morgan fingerprint density at radius 3 is 2.67 bits per heavy atom. The molecule has 3 aromatic rings. The molecule has 1 atom stereocenters. The number of carbonyl (C=O) groups excluding carboxylic acids is 2. The second-order valence-electron chi connectivity index (χ2n) is 7.26. The summed E-state index contributed by atoms with van der Waals surface area (Å²) in [5, 5.41) is 13.5. The predicted molar refractivity (Wildman–Crippen MR) is 116 cm³/mol. The van der Waals surface area contributed by atoms with Crippen LogP contribution in [0, 0.1) is 20.8 Å². The minimum absolute atomic E-state index is 0.153. The number of aliphatic hydroxyl groups is 1. The molecule has 0 radical (unpaired) electrons. The third-order valence-electron chi connectivity index (χ3n) is 5.18. The third-order valence-corrected chi connectivity index (χ3v) is 7.33. The summed E-state index contributed by atoms with van der Waals surface area (Å²) in [5.41, 5.74) is 1.77. The van der Waals surface area contributed by atoms with Crippen LogP contribution < -0.4 is 0 Å². The van der Waals surface area contributed by atoms with Crippen LogP contribution in [-0.4, -0.2) is 42.8 Å². The number of thiophene rings is 1. The number of hydrogen-bond acceptors (Lipinski definition) is 7. The van der Waals surface area contributed by atoms with Crippen LogP contribution in [0.2, 0.25) is 0 Å². The van der Waals surface area contributed by atoms with Crippen molar-refractivity contribution in [3.8, 4) is 0 Å². The van der Waals surface area contributed by atoms with Gasteiger partial charge in [0.15, 0.2) is 5.76 Å². The third kappa shape index (κ3) is 3.59. The Labute approximate surface area is 182 Å². The number of aromatic nitrogens is 3. The van der Waals surface area contributed by atoms with Crippen LogP contribution in [0.3, 0.4) is 0 Å². The van der Waals surface area contributed by atoms with E-state index in [4.69, 9.17) is 0 Å². The molecule has 1 aliphatic rings. The fraction of sp³-hybridized carbons (Fsp3) is 0.333. The van der Waals surface area contributed by atoms with E-state index < -0.39 is 17.7 Å². The first-order chi connectivity index (χ1) is 14.4. The zero-order valence-corrected chi connectivity index (χ0v) is 18.6. The minimum Gasteiger partial charge on any atom is -0.503 e. The largest absolute Gasteiger partial charge is 0.503 e. The van der Waals surface area contributed by atoms with Crippen molar-refractivity contribution in [2.45, 2.75) is 39.8 Å². The van der Waals surface area contributed by atoms with E-state index >= 15 is 0 Å². The number of rotatable bonds is 7. The molecule has 156 valence electrons. The van der Waals surface area contributed by atoms with Gasteiger partial charge in [0.2, 0.25) is 5.78 Å². The summed E-state index contributed by atoms with van der Waals surface area (Å²) < 4.78 is 1.94. The van der Waals surface area contributed by atoms with Gasteiger partial charge in [-0.25, -0.2) is 9.97 Å². The van der Waals surface area contributed by atoms with Gasteiger partial charge in [-0.3, -0.25) is 9.59 Å². The van der Waals surface area contributed by atoms with Gasteiger partial charge in [-0.05, 0) is 44.2 Å². The average molecular weight is 443 g/mol. The van der Waals surface area contributed by atoms with Crippen molar-refractivity contribution < 1.29 is 14.7 Å². The van der Waals surface area contributed by atoms with Gasteiger partial charge >= 0.3 is 0 Å². The molecular formula is C21H22N4O3S2. The van der Waals surface area contributed by atoms with Crippen molar-refractivity contribution in [2.75, 3.05) is 6.54 Å². The summed E-state index contributed by atoms with van der Waals surface area (Å²) in [6.07, 6.45) is 5.98. The number of imidazole rings is 1. The van der Waals surface area contributed by atoms with E-state index in [0.717, 1.165) is 15.4 Å². The first kappa shape index (κ1) is 20.5. The number of Topliss-reactive ketones (excluding diaryl/α,β-unsaturated/α-hetero) is 1. The summed E-state index contributed by atoms with van der Waals surface area (Å²) in [6, 6.07) is 1.38. The van der Waals surface area contributed by atoms with E-state index in [9.17, 15) is 14.7 Å². The SMILES string of the molecule is Cc1nc(C)c(C(=O)C2=C(O)C(=O)N(CCCn3ccnc3)C2c2sccc2C)s1. The summed E-state index contributed by atoms with van der Waals surface area (Å²) in [6.45, 7) is 6.68. The van der Waals surface area contributed by atoms with Crippen LogP contribution in [0.15, 0.2) is 41.5 Å². The molecule has 1 amide bonds. The fourth-order valence-electron chi connectivity index (χ4n) is 3.76. The van der Waals surface area contributed by atoms with E-state index in [1.807, 2.05) is 36.1 Å². The molecule has 30 heavy (non-hydrogen) atoms. The molecule has 1 unspecified atom stereocenters. The molecule has 1 aliphatic heterocycles. The summed E-state index contributed by atoms with van der Waals surface area (Å²) in [4.78, 5) is 37.8. The number of aliphatic hydroxyl groups excluding tert-OH is 1. The molecule has 0 aromatic carbocycles. The molecule has 0 spiro atoms. The van der Waals surface area contributed by atoms with Crippen molar-refractivity contribution in [3.63, 3.8) is 0 Å². The Kier molecular flexibility index (Phi) is 5.57. The van der Waals surface area contributed by atoms with Crippen molar-refractivity contribution in [1.29, 1.82) is 0 Å². The second-order valence-corrected chi connectivity index (χ2v) is 9.41. The summed E-state index contributed by atoms with van der Waals surface area (Å²) in [7, 11) is 0. The maximum atomic E-state index is 13.4. The molecular weight excluding hydrogens is 420 g/mol. The quantitative estimate of drug-likeness (QED) is 0.559. The Morgan fingerprint density at radius 2 is 2.07 bits per heavy atom. The van der Waals surface area contributed by atoms with Crippen LogP contribution in [0.4, 0.5) is 0 Å². The Balaban J connectivity index is 1.68. The highest BCUT2D eigenvalue weighted by atomic mass is 32.1. The fourth-order valence-corrected chi connectivity index (χ4v) is 5.68. The van der Waals surface area contributed by atoms with Crippen LogP contribution in [-0.2, 0) is 11.3 Å². The molecule has 3 aromatic heterocycles. The van der Waals surface area contributed by atoms with Gasteiger partial charge in [-0.1, -0.05) is 0 Å². The van der Waals surface area contributed by atoms with Crippen molar-refractivity contribution in [3.05, 3.63) is 67.5 Å². The lowest BCUT2D eigenvalue weighted by molar-refractivity contribution is -0.129. The molecule has 0 fully saturated rings. The van der Waals surface area contributed by atoms with Crippen LogP contribution in [0.25, 0.3) is 0 Å². The highest BCUT2D eigenvalue weighted by Crippen LogP contribution is 2.43. The zero-order chi connectivity index (χ0) is 21.4. The monoisotopic (exact) mass is 442 g/mol. The molecule has 0 aliphatic carbocycles. The lowest BCUT2D eigenvalue weighted by Gasteiger charge is -2.26. The molecule has 0 saturated heterocycles. The van der Waals surface area contributed by atoms with E-state index in [-0.39, 0.29) is 11.4 Å². The highest BCUT2D eigenvalue weighted by molar-refractivity contribution is 7.14. The highest BCUT2D eigenvalue weighted by Gasteiger charge is 2.45. The van der Waals surface area contributed by atoms with Gasteiger partial charge in [0.25, 0.3) is 5.91 Å². The predicted octanol–water partition coefficient (Wildman–Crippen LogP) is 3.99. The van der Waals surface area contributed by atoms with Crippen LogP contribution >= 0.6 is 22.7 Å². The summed E-state index contributed by atoms with van der Waals surface area (Å²) in [5.74, 6) is -1.27. The number of thiazole rings is 1. The smallest absolute Gasteiger partial charge is 0.290 e. The maximum absolute atomic E-state index is 13.4. The van der Waals surface area contributed by atoms with Crippen molar-refractivity contribution in [2.24, 2.45) is 0 Å². The van der Waals surface area contributed by atoms with Gasteiger partial charge in [-0.2, -0.15) is 0 Å². The number of carbonyl (C=O) groups is 2. The molecule has 0 saturated carbocycles. The number of amides is 1. The summed E-state index contributed by atoms with van der Waals surface area (Å²) >= 11 is 2.78. The molecule has 4 rings (SSSR count). The van der Waals surface area contributed by atoms with Gasteiger partial charge in [-0.15, -0.1) is 22.7 Å². The molecule has 0 bridgehead atoms. The number of hydrogen-bond donors (Lipinski definition) is 1. The Morgan fingerprint density at radius 1 is 1.27 bits per heavy atom. The number of ketones is 1. The minimum atomic E-state index is -0.588. The van der Waals surface area contributed by atoms with Crippen LogP contribution in [0.5, 0.6) is 0 Å². The van der Waals surface area contributed by atoms with Gasteiger partial charge in [0, 0.05) is 30.4 Å². The average Bonchev–Trinajstić information content (AvgIpc) is 3.47. The van der Waals surface area contributed by atoms with Crippen LogP contribution in [0.1, 0.15) is 43.3 Å². The van der Waals surface area contributed by atoms with Gasteiger partial charge < -0.3 is 14.6 Å². The molecule has 9 heteroatoms. The Bertz CT molecular complexity index is 1130. The Hall–Kier alpha value is -2.78. The van der Waals surface area contributed by atoms with E-state index in [2.05, 4.69) is 9.97 Å². The topological polar surface area (TPSA) is 88.3 Å². The normalized spacial score (nSPS) is 16.7. The number of nitrogens with zero attached hydrogens (tertiary/aromatic N) is 4. The van der Waals surface area contributed by atoms with Gasteiger partial charge in [0.05, 0.1) is 33.5 Å². The first-order valence-corrected chi connectivity index (χ1v) is 11.3. The number of aryl methyl sites for hydroxylation is 4. The van der Waals surface area contributed by atoms with Crippen molar-refractivity contribution >= 4 is 34.4 Å². The maximum Gasteiger partial charge on any atom is 0.290 e. The van der Waals surface area contributed by atoms with E-state index in [0.29, 0.717) is 30.1 Å². The molecule has 7 nitrogen and oxygen atoms in total. The molecule has 4 heterocycles. The molecule has 1 N–H and O–H groups in total. The van der Waals surface area contributed by atoms with Crippen molar-refractivity contribution in [1.82, 2.24) is 19.4 Å². The van der Waals surface area contributed by atoms with E-state index in [1.54, 1.807) is 24.3 Å². The lowest BCUT2D eigenvalue weighted by Crippen LogP contribution is -2.32. The van der Waals surface area contributed by atoms with E-state index in [1.165, 1.54) is 22.7 Å². The lowest BCUT2D eigenvalue weighted by atomic mass is 9.98. The first-order valence-electron chi connectivity index (χ1n) is 9.61.